The van der Waals surface area contributed by atoms with Gasteiger partial charge in [-0.15, -0.1) is 0 Å². The monoisotopic (exact) mass is 354 g/mol. The summed E-state index contributed by atoms with van der Waals surface area (Å²) in [5.74, 6) is 0.878. The topological polar surface area (TPSA) is 63.6 Å². The van der Waals surface area contributed by atoms with Crippen LogP contribution in [0.15, 0.2) is 17.7 Å². The summed E-state index contributed by atoms with van der Waals surface area (Å²) in [6, 6.07) is 1.85. The first-order valence-electron chi connectivity index (χ1n) is 9.42. The van der Waals surface area contributed by atoms with Crippen LogP contribution in [0.1, 0.15) is 78.8 Å². The average molecular weight is 354 g/mol. The lowest BCUT2D eigenvalue weighted by Gasteiger charge is -2.50. The van der Waals surface area contributed by atoms with Gasteiger partial charge in [0.25, 0.3) is 0 Å². The number of hydrogen-bond donors (Lipinski definition) is 1. The van der Waals surface area contributed by atoms with E-state index >= 15 is 0 Å². The molecule has 3 aliphatic carbocycles. The van der Waals surface area contributed by atoms with Gasteiger partial charge in [-0.1, -0.05) is 18.6 Å². The van der Waals surface area contributed by atoms with Gasteiger partial charge in [-0.05, 0) is 69.6 Å². The number of carbonyl (C=O) groups is 2. The highest BCUT2D eigenvalue weighted by Gasteiger charge is 2.53. The minimum absolute atomic E-state index is 0.0315. The molecule has 4 unspecified atom stereocenters. The molecule has 1 saturated carbocycles. The lowest BCUT2D eigenvalue weighted by molar-refractivity contribution is -0.0259. The zero-order valence-corrected chi connectivity index (χ0v) is 16.1. The van der Waals surface area contributed by atoms with E-state index in [-0.39, 0.29) is 17.5 Å². The Kier molecular flexibility index (Phi) is 3.71. The van der Waals surface area contributed by atoms with Gasteiger partial charge >= 0.3 is 0 Å². The zero-order valence-electron chi connectivity index (χ0n) is 16.1. The Labute approximate surface area is 154 Å². The lowest BCUT2D eigenvalue weighted by atomic mass is 9.54. The second kappa shape index (κ2) is 5.53. The van der Waals surface area contributed by atoms with Crippen LogP contribution in [0.4, 0.5) is 0 Å². The molecule has 4 aliphatic rings. The van der Waals surface area contributed by atoms with Gasteiger partial charge < -0.3 is 9.84 Å². The predicted molar refractivity (Wildman–Crippen MR) is 99.0 cm³/mol. The summed E-state index contributed by atoms with van der Waals surface area (Å²) in [6.45, 7) is 9.61. The molecule has 1 aromatic carbocycles. The minimum atomic E-state index is -1.23. The molecule has 0 saturated heterocycles. The van der Waals surface area contributed by atoms with Crippen LogP contribution >= 0.6 is 0 Å². The van der Waals surface area contributed by atoms with Gasteiger partial charge in [0.1, 0.15) is 11.4 Å². The number of hydrogen-bond acceptors (Lipinski definition) is 4. The van der Waals surface area contributed by atoms with Crippen molar-refractivity contribution in [3.05, 3.63) is 40.0 Å². The molecule has 0 aromatic heterocycles. The van der Waals surface area contributed by atoms with Gasteiger partial charge in [-0.25, -0.2) is 0 Å². The number of ether oxygens (including phenoxy) is 1. The van der Waals surface area contributed by atoms with E-state index in [0.29, 0.717) is 35.1 Å². The van der Waals surface area contributed by atoms with E-state index in [4.69, 9.17) is 4.74 Å². The van der Waals surface area contributed by atoms with Crippen LogP contribution in [-0.4, -0.2) is 28.4 Å². The van der Waals surface area contributed by atoms with Crippen molar-refractivity contribution in [1.29, 1.82) is 0 Å². The molecule has 0 amide bonds. The standard InChI is InChI=1S/C22H26O4/c1-10(2)6-7-12-8-15-19(24)21(25)22(4,5)26-20(15)17-16(12)13-9-14(11(13)3)18(17)23/h6,8,11,13-14,21,25H,7,9H2,1-5H3. The van der Waals surface area contributed by atoms with E-state index in [1.54, 1.807) is 13.8 Å². The van der Waals surface area contributed by atoms with Gasteiger partial charge in [0.05, 0.1) is 11.1 Å². The molecule has 1 fully saturated rings. The average Bonchev–Trinajstić information content (AvgIpc) is 2.56. The van der Waals surface area contributed by atoms with Crippen molar-refractivity contribution in [3.8, 4) is 5.75 Å². The summed E-state index contributed by atoms with van der Waals surface area (Å²) in [7, 11) is 0. The summed E-state index contributed by atoms with van der Waals surface area (Å²) in [4.78, 5) is 26.0. The molecule has 4 heteroatoms. The normalized spacial score (nSPS) is 30.7. The molecule has 1 aromatic rings. The fraction of sp³-hybridized carbons (Fsp3) is 0.545. The van der Waals surface area contributed by atoms with E-state index in [9.17, 15) is 14.7 Å². The second-order valence-corrected chi connectivity index (χ2v) is 8.83. The summed E-state index contributed by atoms with van der Waals surface area (Å²) in [6.07, 6.45) is 2.48. The third kappa shape index (κ3) is 2.24. The third-order valence-corrected chi connectivity index (χ3v) is 6.40. The number of fused-ring (bicyclic) bond motifs is 1. The Morgan fingerprint density at radius 2 is 1.96 bits per heavy atom. The number of allylic oxidation sites excluding steroid dienone is 2. The van der Waals surface area contributed by atoms with Crippen LogP contribution in [0.2, 0.25) is 0 Å². The molecule has 2 bridgehead atoms. The number of ketones is 2. The van der Waals surface area contributed by atoms with Crippen molar-refractivity contribution in [3.63, 3.8) is 0 Å². The number of aliphatic hydroxyl groups is 1. The summed E-state index contributed by atoms with van der Waals surface area (Å²) in [5, 5.41) is 10.4. The quantitative estimate of drug-likeness (QED) is 0.820. The Morgan fingerprint density at radius 3 is 2.58 bits per heavy atom. The molecule has 1 N–H and O–H groups in total. The number of benzene rings is 1. The number of aliphatic hydroxyl groups excluding tert-OH is 1. The highest BCUT2D eigenvalue weighted by Crippen LogP contribution is 2.58. The van der Waals surface area contributed by atoms with E-state index in [2.05, 4.69) is 13.0 Å². The summed E-state index contributed by atoms with van der Waals surface area (Å²) in [5.41, 5.74) is 3.21. The third-order valence-electron chi connectivity index (χ3n) is 6.40. The van der Waals surface area contributed by atoms with Crippen molar-refractivity contribution in [2.24, 2.45) is 11.8 Å². The van der Waals surface area contributed by atoms with Gasteiger partial charge in [0.2, 0.25) is 0 Å². The molecular weight excluding hydrogens is 328 g/mol. The van der Waals surface area contributed by atoms with Crippen LogP contribution in [0.25, 0.3) is 0 Å². The minimum Gasteiger partial charge on any atom is -0.483 e. The maximum Gasteiger partial charge on any atom is 0.199 e. The maximum atomic E-state index is 13.2. The first-order valence-corrected chi connectivity index (χ1v) is 9.42. The summed E-state index contributed by atoms with van der Waals surface area (Å²) < 4.78 is 6.05. The van der Waals surface area contributed by atoms with Crippen molar-refractivity contribution in [1.82, 2.24) is 0 Å². The Morgan fingerprint density at radius 1 is 1.27 bits per heavy atom. The number of Topliss-reactive ketones (excluding diaryl/α,β-unsaturated/α-hetero) is 2. The zero-order chi connectivity index (χ0) is 19.0. The van der Waals surface area contributed by atoms with Crippen LogP contribution < -0.4 is 4.74 Å². The largest absolute Gasteiger partial charge is 0.483 e. The fourth-order valence-corrected chi connectivity index (χ4v) is 4.66. The van der Waals surface area contributed by atoms with Crippen molar-refractivity contribution >= 4 is 11.6 Å². The van der Waals surface area contributed by atoms with Crippen LogP contribution in [-0.2, 0) is 6.42 Å². The molecule has 138 valence electrons. The molecule has 26 heavy (non-hydrogen) atoms. The molecule has 4 nitrogen and oxygen atoms in total. The van der Waals surface area contributed by atoms with Crippen molar-refractivity contribution in [2.45, 2.75) is 65.1 Å². The fourth-order valence-electron chi connectivity index (χ4n) is 4.66. The first kappa shape index (κ1) is 17.5. The van der Waals surface area contributed by atoms with Gasteiger partial charge in [0, 0.05) is 5.92 Å². The van der Waals surface area contributed by atoms with Gasteiger partial charge in [-0.3, -0.25) is 9.59 Å². The van der Waals surface area contributed by atoms with E-state index in [0.717, 1.165) is 17.5 Å². The highest BCUT2D eigenvalue weighted by molar-refractivity contribution is 6.11. The van der Waals surface area contributed by atoms with Gasteiger partial charge in [0.15, 0.2) is 17.7 Å². The lowest BCUT2D eigenvalue weighted by Crippen LogP contribution is -2.52. The molecule has 5 rings (SSSR count). The molecule has 4 atom stereocenters. The Bertz CT molecular complexity index is 857. The molecule has 0 spiro atoms. The molecule has 1 aliphatic heterocycles. The maximum absolute atomic E-state index is 13.2. The highest BCUT2D eigenvalue weighted by atomic mass is 16.5. The predicted octanol–water partition coefficient (Wildman–Crippen LogP) is 3.85. The smallest absolute Gasteiger partial charge is 0.199 e. The van der Waals surface area contributed by atoms with E-state index < -0.39 is 11.7 Å². The van der Waals surface area contributed by atoms with E-state index in [1.165, 1.54) is 5.57 Å². The van der Waals surface area contributed by atoms with E-state index in [1.807, 2.05) is 19.9 Å². The first-order chi connectivity index (χ1) is 12.1. The van der Waals surface area contributed by atoms with Crippen LogP contribution in [0.3, 0.4) is 0 Å². The molecule has 0 radical (unpaired) electrons. The van der Waals surface area contributed by atoms with Crippen LogP contribution in [0, 0.1) is 11.8 Å². The number of rotatable bonds is 2. The van der Waals surface area contributed by atoms with Crippen LogP contribution in [0.5, 0.6) is 5.75 Å². The molecule has 1 heterocycles. The SMILES string of the molecule is CC(C)=CCc1cc2c(c3c1C1CC(C3=O)C1C)OC(C)(C)C(O)C2=O. The number of carbonyl (C=O) groups excluding carboxylic acids is 2. The Balaban J connectivity index is 1.97. The van der Waals surface area contributed by atoms with Crippen molar-refractivity contribution < 1.29 is 19.4 Å². The second-order valence-electron chi connectivity index (χ2n) is 8.83. The summed E-state index contributed by atoms with van der Waals surface area (Å²) >= 11 is 0. The molecular formula is C22H26O4. The van der Waals surface area contributed by atoms with Gasteiger partial charge in [-0.2, -0.15) is 0 Å². The Hall–Kier alpha value is -1.94. The van der Waals surface area contributed by atoms with Crippen molar-refractivity contribution in [2.75, 3.05) is 0 Å².